The Balaban J connectivity index is 1.78. The van der Waals surface area contributed by atoms with Crippen LogP contribution in [0.2, 0.25) is 0 Å². The molecule has 0 radical (unpaired) electrons. The zero-order valence-electron chi connectivity index (χ0n) is 20.7. The highest BCUT2D eigenvalue weighted by Gasteiger charge is 2.36. The second kappa shape index (κ2) is 11.9. The third kappa shape index (κ3) is 5.60. The van der Waals surface area contributed by atoms with E-state index >= 15 is 0 Å². The Labute approximate surface area is 214 Å². The molecule has 7 heteroatoms. The summed E-state index contributed by atoms with van der Waals surface area (Å²) < 4.78 is 0. The van der Waals surface area contributed by atoms with E-state index in [1.165, 1.54) is 14.7 Å². The molecule has 6 nitrogen and oxygen atoms in total. The Morgan fingerprint density at radius 2 is 1.36 bits per heavy atom. The number of aromatic nitrogens is 1. The number of hydrogen-bond acceptors (Lipinski definition) is 5. The Morgan fingerprint density at radius 3 is 1.81 bits per heavy atom. The number of nitrogens with one attached hydrogen (secondary N) is 2. The Morgan fingerprint density at radius 1 is 0.861 bits per heavy atom. The standard InChI is InChI=1S/C29H33N5OS/c1-34(2)24-18-19-31-23(20-24)21-32-28(29(35)33-30)22-36(25-12-6-3-7-13-25,26-14-8-4-9-15-26)27-16-10-5-11-17-27/h3-20,28,32H,21-22,30H2,1-2H3,(H,33,35)/t28-/m0/s1. The molecule has 0 bridgehead atoms. The van der Waals surface area contributed by atoms with Gasteiger partial charge in [-0.3, -0.25) is 20.5 Å². The molecule has 1 heterocycles. The molecule has 0 spiro atoms. The minimum absolute atomic E-state index is 0.251. The molecule has 0 aliphatic heterocycles. The van der Waals surface area contributed by atoms with Crippen LogP contribution >= 0.6 is 10.0 Å². The van der Waals surface area contributed by atoms with Crippen LogP contribution in [-0.2, 0) is 11.3 Å². The fraction of sp³-hybridized carbons (Fsp3) is 0.172. The predicted molar refractivity (Wildman–Crippen MR) is 148 cm³/mol. The molecule has 0 unspecified atom stereocenters. The van der Waals surface area contributed by atoms with Crippen LogP contribution in [-0.4, -0.2) is 36.8 Å². The number of hydrazine groups is 1. The first-order valence-electron chi connectivity index (χ1n) is 11.9. The summed E-state index contributed by atoms with van der Waals surface area (Å²) in [7, 11) is 2.17. The van der Waals surface area contributed by atoms with Crippen molar-refractivity contribution in [2.75, 3.05) is 24.7 Å². The Hall–Kier alpha value is -3.65. The number of hydrogen-bond donors (Lipinski definition) is 3. The van der Waals surface area contributed by atoms with Gasteiger partial charge in [0, 0.05) is 38.3 Å². The van der Waals surface area contributed by atoms with E-state index < -0.39 is 16.1 Å². The number of rotatable bonds is 10. The molecule has 1 aromatic heterocycles. The lowest BCUT2D eigenvalue weighted by Crippen LogP contribution is -2.49. The zero-order chi connectivity index (χ0) is 25.4. The van der Waals surface area contributed by atoms with Crippen molar-refractivity contribution >= 4 is 21.6 Å². The molecule has 0 saturated heterocycles. The smallest absolute Gasteiger partial charge is 0.251 e. The van der Waals surface area contributed by atoms with E-state index in [4.69, 9.17) is 5.84 Å². The SMILES string of the molecule is CN(C)c1ccnc(CN[C@@H](CS(c2ccccc2)(c2ccccc2)c2ccccc2)C(=O)NN)c1. The van der Waals surface area contributed by atoms with E-state index in [-0.39, 0.29) is 5.91 Å². The number of nitrogens with zero attached hydrogens (tertiary/aromatic N) is 2. The van der Waals surface area contributed by atoms with Crippen LogP contribution in [0.3, 0.4) is 0 Å². The third-order valence-corrected chi connectivity index (χ3v) is 10.2. The fourth-order valence-corrected chi connectivity index (χ4v) is 8.33. The van der Waals surface area contributed by atoms with Crippen LogP contribution in [0.4, 0.5) is 5.69 Å². The number of benzene rings is 3. The fourth-order valence-electron chi connectivity index (χ4n) is 4.30. The lowest BCUT2D eigenvalue weighted by Gasteiger charge is -2.43. The van der Waals surface area contributed by atoms with Gasteiger partial charge < -0.3 is 4.90 Å². The van der Waals surface area contributed by atoms with Gasteiger partial charge >= 0.3 is 0 Å². The molecular formula is C29H33N5OS. The summed E-state index contributed by atoms with van der Waals surface area (Å²) >= 11 is 0. The van der Waals surface area contributed by atoms with Crippen LogP contribution in [0.1, 0.15) is 5.69 Å². The number of carbonyl (C=O) groups excluding carboxylic acids is 1. The lowest BCUT2D eigenvalue weighted by molar-refractivity contribution is -0.122. The summed E-state index contributed by atoms with van der Waals surface area (Å²) in [6.45, 7) is 0.438. The van der Waals surface area contributed by atoms with Crippen LogP contribution in [0.25, 0.3) is 0 Å². The first-order chi connectivity index (χ1) is 17.5. The van der Waals surface area contributed by atoms with E-state index in [0.717, 1.165) is 11.4 Å². The average Bonchev–Trinajstić information content (AvgIpc) is 2.94. The number of amides is 1. The van der Waals surface area contributed by atoms with Gasteiger partial charge in [-0.2, -0.15) is 10.0 Å². The van der Waals surface area contributed by atoms with Gasteiger partial charge in [0.2, 0.25) is 0 Å². The summed E-state index contributed by atoms with van der Waals surface area (Å²) in [5.41, 5.74) is 4.30. The molecule has 0 aliphatic rings. The number of nitrogens with two attached hydrogens (primary N) is 1. The highest BCUT2D eigenvalue weighted by atomic mass is 32.3. The maximum atomic E-state index is 13.2. The predicted octanol–water partition coefficient (Wildman–Crippen LogP) is 4.58. The van der Waals surface area contributed by atoms with Gasteiger partial charge in [-0.15, -0.1) is 0 Å². The molecule has 4 rings (SSSR count). The average molecular weight is 500 g/mol. The van der Waals surface area contributed by atoms with Gasteiger partial charge in [-0.05, 0) is 63.2 Å². The van der Waals surface area contributed by atoms with E-state index in [1.54, 1.807) is 6.20 Å². The monoisotopic (exact) mass is 499 g/mol. The second-order valence-corrected chi connectivity index (χ2v) is 11.9. The number of pyridine rings is 1. The van der Waals surface area contributed by atoms with Gasteiger partial charge in [0.25, 0.3) is 5.91 Å². The molecule has 0 fully saturated rings. The quantitative estimate of drug-likeness (QED) is 0.169. The molecule has 1 amide bonds. The van der Waals surface area contributed by atoms with E-state index in [9.17, 15) is 4.79 Å². The molecule has 186 valence electrons. The topological polar surface area (TPSA) is 83.3 Å². The van der Waals surface area contributed by atoms with E-state index in [0.29, 0.717) is 12.3 Å². The third-order valence-electron chi connectivity index (χ3n) is 6.16. The number of carbonyl (C=O) groups is 1. The van der Waals surface area contributed by atoms with Crippen LogP contribution in [0.5, 0.6) is 0 Å². The Kier molecular flexibility index (Phi) is 8.38. The lowest BCUT2D eigenvalue weighted by atomic mass is 10.2. The van der Waals surface area contributed by atoms with Crippen molar-refractivity contribution in [3.63, 3.8) is 0 Å². The van der Waals surface area contributed by atoms with E-state index in [2.05, 4.69) is 88.5 Å². The molecule has 3 aromatic carbocycles. The van der Waals surface area contributed by atoms with Crippen LogP contribution < -0.4 is 21.5 Å². The first-order valence-corrected chi connectivity index (χ1v) is 13.7. The maximum absolute atomic E-state index is 13.2. The van der Waals surface area contributed by atoms with Crippen molar-refractivity contribution in [2.24, 2.45) is 5.84 Å². The summed E-state index contributed by atoms with van der Waals surface area (Å²) in [6, 6.07) is 34.8. The van der Waals surface area contributed by atoms with Gasteiger partial charge in [0.05, 0.1) is 11.7 Å². The summed E-state index contributed by atoms with van der Waals surface area (Å²) in [5, 5.41) is 3.47. The van der Waals surface area contributed by atoms with Crippen molar-refractivity contribution < 1.29 is 4.79 Å². The molecular weight excluding hydrogens is 466 g/mol. The molecule has 4 aromatic rings. The van der Waals surface area contributed by atoms with Crippen molar-refractivity contribution in [1.82, 2.24) is 15.7 Å². The highest BCUT2D eigenvalue weighted by molar-refractivity contribution is 8.34. The molecule has 0 aliphatic carbocycles. The molecule has 36 heavy (non-hydrogen) atoms. The normalized spacial score (nSPS) is 12.5. The first kappa shape index (κ1) is 25.4. The summed E-state index contributed by atoms with van der Waals surface area (Å²) in [5.74, 6) is 5.98. The summed E-state index contributed by atoms with van der Waals surface area (Å²) in [4.78, 5) is 23.3. The van der Waals surface area contributed by atoms with Crippen LogP contribution in [0, 0.1) is 0 Å². The largest absolute Gasteiger partial charge is 0.378 e. The van der Waals surface area contributed by atoms with Crippen molar-refractivity contribution in [1.29, 1.82) is 0 Å². The maximum Gasteiger partial charge on any atom is 0.251 e. The van der Waals surface area contributed by atoms with Gasteiger partial charge in [0.1, 0.15) is 0 Å². The van der Waals surface area contributed by atoms with Crippen LogP contribution in [0.15, 0.2) is 124 Å². The zero-order valence-corrected chi connectivity index (χ0v) is 21.5. The molecule has 4 N–H and O–H groups in total. The van der Waals surface area contributed by atoms with E-state index in [1.807, 2.05) is 49.3 Å². The number of anilines is 1. The van der Waals surface area contributed by atoms with Crippen molar-refractivity contribution in [3.8, 4) is 0 Å². The molecule has 1 atom stereocenters. The van der Waals surface area contributed by atoms with Crippen molar-refractivity contribution in [3.05, 3.63) is 115 Å². The molecule has 0 saturated carbocycles. The van der Waals surface area contributed by atoms with Crippen molar-refractivity contribution in [2.45, 2.75) is 27.3 Å². The highest BCUT2D eigenvalue weighted by Crippen LogP contribution is 2.68. The second-order valence-electron chi connectivity index (χ2n) is 8.69. The minimum Gasteiger partial charge on any atom is -0.378 e. The van der Waals surface area contributed by atoms with Gasteiger partial charge in [-0.1, -0.05) is 54.6 Å². The van der Waals surface area contributed by atoms with Gasteiger partial charge in [-0.25, -0.2) is 5.84 Å². The minimum atomic E-state index is -1.82. The summed E-state index contributed by atoms with van der Waals surface area (Å²) in [6.07, 6.45) is 1.79. The Bertz CT molecular complexity index is 1160. The van der Waals surface area contributed by atoms with Gasteiger partial charge in [0.15, 0.2) is 0 Å².